The predicted molar refractivity (Wildman–Crippen MR) is 91.7 cm³/mol. The number of rotatable bonds is 2. The molecule has 0 aliphatic rings. The number of benzene rings is 2. The average Bonchev–Trinajstić information content (AvgIpc) is 2.91. The highest BCUT2D eigenvalue weighted by Gasteiger charge is 2.17. The Labute approximate surface area is 127 Å². The van der Waals surface area contributed by atoms with Crippen molar-refractivity contribution in [3.05, 3.63) is 64.2 Å². The van der Waals surface area contributed by atoms with E-state index in [-0.39, 0.29) is 5.56 Å². The summed E-state index contributed by atoms with van der Waals surface area (Å²) < 4.78 is 1.78. The van der Waals surface area contributed by atoms with Crippen molar-refractivity contribution < 1.29 is 0 Å². The van der Waals surface area contributed by atoms with Crippen LogP contribution in [0.2, 0.25) is 0 Å². The van der Waals surface area contributed by atoms with Crippen molar-refractivity contribution in [1.29, 1.82) is 0 Å². The lowest BCUT2D eigenvalue weighted by atomic mass is 10.0. The first kappa shape index (κ1) is 13.0. The molecule has 0 atom stereocenters. The van der Waals surface area contributed by atoms with Crippen LogP contribution in [-0.2, 0) is 6.42 Å². The molecule has 0 saturated carbocycles. The third kappa shape index (κ3) is 1.56. The van der Waals surface area contributed by atoms with Gasteiger partial charge >= 0.3 is 0 Å². The summed E-state index contributed by atoms with van der Waals surface area (Å²) in [5, 5.41) is 3.91. The minimum Gasteiger partial charge on any atom is -0.268 e. The molecule has 108 valence electrons. The molecule has 2 heterocycles. The Hall–Kier alpha value is -2.68. The van der Waals surface area contributed by atoms with Crippen molar-refractivity contribution in [2.75, 3.05) is 0 Å². The molecule has 0 fully saturated rings. The third-order valence-electron chi connectivity index (χ3n) is 4.24. The summed E-state index contributed by atoms with van der Waals surface area (Å²) >= 11 is 0. The van der Waals surface area contributed by atoms with Crippen molar-refractivity contribution in [2.24, 2.45) is 0 Å². The molecule has 3 nitrogen and oxygen atoms in total. The number of allylic oxidation sites excluding steroid dienone is 1. The Morgan fingerprint density at radius 2 is 1.86 bits per heavy atom. The molecule has 0 aliphatic carbocycles. The van der Waals surface area contributed by atoms with Crippen molar-refractivity contribution >= 4 is 33.3 Å². The Morgan fingerprint density at radius 3 is 2.55 bits per heavy atom. The second kappa shape index (κ2) is 4.67. The summed E-state index contributed by atoms with van der Waals surface area (Å²) in [5.41, 5.74) is 2.65. The summed E-state index contributed by atoms with van der Waals surface area (Å²) in [4.78, 5) is 17.7. The van der Waals surface area contributed by atoms with Crippen LogP contribution in [-0.4, -0.2) is 9.38 Å². The van der Waals surface area contributed by atoms with E-state index in [1.807, 2.05) is 49.4 Å². The Balaban J connectivity index is 2.37. The highest BCUT2D eigenvalue weighted by atomic mass is 16.1. The summed E-state index contributed by atoms with van der Waals surface area (Å²) in [6, 6.07) is 12.0. The lowest BCUT2D eigenvalue weighted by Gasteiger charge is -2.07. The summed E-state index contributed by atoms with van der Waals surface area (Å²) in [6.07, 6.45) is 4.71. The quantitative estimate of drug-likeness (QED) is 0.558. The number of imidazole rings is 1. The second-order valence-electron chi connectivity index (χ2n) is 5.47. The number of nitrogens with zero attached hydrogens (tertiary/aromatic N) is 2. The van der Waals surface area contributed by atoms with E-state index in [0.29, 0.717) is 0 Å². The first-order valence-corrected chi connectivity index (χ1v) is 7.57. The third-order valence-corrected chi connectivity index (χ3v) is 4.24. The lowest BCUT2D eigenvalue weighted by Crippen LogP contribution is -2.15. The van der Waals surface area contributed by atoms with Crippen molar-refractivity contribution in [3.8, 4) is 0 Å². The van der Waals surface area contributed by atoms with E-state index in [9.17, 15) is 4.79 Å². The molecule has 0 aliphatic heterocycles. The maximum atomic E-state index is 13.0. The van der Waals surface area contributed by atoms with Crippen LogP contribution in [0.4, 0.5) is 0 Å². The van der Waals surface area contributed by atoms with E-state index < -0.39 is 0 Å². The maximum absolute atomic E-state index is 13.0. The van der Waals surface area contributed by atoms with E-state index in [1.165, 1.54) is 0 Å². The summed E-state index contributed by atoms with van der Waals surface area (Å²) in [5.74, 6) is 0. The fraction of sp³-hybridized carbons (Fsp3) is 0.158. The van der Waals surface area contributed by atoms with Crippen molar-refractivity contribution in [2.45, 2.75) is 20.3 Å². The number of aryl methyl sites for hydroxylation is 1. The van der Waals surface area contributed by atoms with Crippen LogP contribution < -0.4 is 5.56 Å². The van der Waals surface area contributed by atoms with Gasteiger partial charge in [-0.2, -0.15) is 0 Å². The zero-order valence-electron chi connectivity index (χ0n) is 12.6. The van der Waals surface area contributed by atoms with Crippen LogP contribution in [0.15, 0.2) is 47.3 Å². The topological polar surface area (TPSA) is 34.4 Å². The van der Waals surface area contributed by atoms with Gasteiger partial charge in [-0.05, 0) is 30.9 Å². The highest BCUT2D eigenvalue weighted by Crippen LogP contribution is 2.28. The molecule has 0 N–H and O–H groups in total. The maximum Gasteiger partial charge on any atom is 0.264 e. The number of aromatic nitrogens is 2. The van der Waals surface area contributed by atoms with E-state index >= 15 is 0 Å². The number of fused-ring (bicyclic) bond motifs is 2. The largest absolute Gasteiger partial charge is 0.268 e. The van der Waals surface area contributed by atoms with Crippen molar-refractivity contribution in [1.82, 2.24) is 9.38 Å². The Bertz CT molecular complexity index is 1080. The van der Waals surface area contributed by atoms with Gasteiger partial charge in [0.2, 0.25) is 0 Å². The van der Waals surface area contributed by atoms with E-state index in [0.717, 1.165) is 45.0 Å². The van der Waals surface area contributed by atoms with Crippen LogP contribution in [0.25, 0.3) is 33.3 Å². The predicted octanol–water partition coefficient (Wildman–Crippen LogP) is 4.03. The van der Waals surface area contributed by atoms with E-state index in [4.69, 9.17) is 4.98 Å². The molecule has 0 saturated heterocycles. The highest BCUT2D eigenvalue weighted by molar-refractivity contribution is 6.14. The first-order chi connectivity index (χ1) is 10.8. The minimum absolute atomic E-state index is 0.0272. The van der Waals surface area contributed by atoms with E-state index in [2.05, 4.69) is 13.0 Å². The van der Waals surface area contributed by atoms with Gasteiger partial charge in [-0.25, -0.2) is 4.98 Å². The molecule has 2 aromatic carbocycles. The molecule has 2 aromatic heterocycles. The van der Waals surface area contributed by atoms with E-state index in [1.54, 1.807) is 4.40 Å². The van der Waals surface area contributed by atoms with Gasteiger partial charge in [-0.3, -0.25) is 9.20 Å². The lowest BCUT2D eigenvalue weighted by molar-refractivity contribution is 0.973. The fourth-order valence-corrected chi connectivity index (χ4v) is 3.33. The Kier molecular flexibility index (Phi) is 2.76. The minimum atomic E-state index is 0.0272. The normalized spacial score (nSPS) is 12.3. The molecule has 0 bridgehead atoms. The van der Waals surface area contributed by atoms with Crippen LogP contribution in [0, 0.1) is 0 Å². The molecule has 0 amide bonds. The SMILES string of the molecule is C/C=C\c1nc2c3cccc4cccc(c(=O)n2c1CC)c43. The second-order valence-corrected chi connectivity index (χ2v) is 5.47. The number of hydrogen-bond acceptors (Lipinski definition) is 2. The molecule has 0 spiro atoms. The molecule has 4 aromatic rings. The van der Waals surface area contributed by atoms with Crippen LogP contribution in [0.1, 0.15) is 25.2 Å². The van der Waals surface area contributed by atoms with Crippen LogP contribution in [0.3, 0.4) is 0 Å². The standard InChI is InChI=1S/C19H16N2O/c1-3-7-15-16(4-2)21-18(20-15)13-10-5-8-12-9-6-11-14(17(12)13)19(21)22/h3,5-11H,4H2,1-2H3/b7-3-. The Morgan fingerprint density at radius 1 is 1.14 bits per heavy atom. The molecule has 0 unspecified atom stereocenters. The van der Waals surface area contributed by atoms with Gasteiger partial charge in [0.25, 0.3) is 5.56 Å². The zero-order chi connectivity index (χ0) is 15.3. The number of hydrogen-bond donors (Lipinski definition) is 0. The van der Waals surface area contributed by atoms with Gasteiger partial charge < -0.3 is 0 Å². The number of pyridine rings is 1. The van der Waals surface area contributed by atoms with Crippen molar-refractivity contribution in [3.63, 3.8) is 0 Å². The fourth-order valence-electron chi connectivity index (χ4n) is 3.33. The average molecular weight is 288 g/mol. The molecule has 0 radical (unpaired) electrons. The van der Waals surface area contributed by atoms with Gasteiger partial charge in [0.1, 0.15) is 5.65 Å². The first-order valence-electron chi connectivity index (χ1n) is 7.57. The smallest absolute Gasteiger partial charge is 0.264 e. The van der Waals surface area contributed by atoms with Gasteiger partial charge in [0, 0.05) is 16.2 Å². The van der Waals surface area contributed by atoms with Gasteiger partial charge in [-0.15, -0.1) is 0 Å². The molecular formula is C19H16N2O. The van der Waals surface area contributed by atoms with Crippen LogP contribution in [0.5, 0.6) is 0 Å². The summed E-state index contributed by atoms with van der Waals surface area (Å²) in [7, 11) is 0. The molecule has 3 heteroatoms. The summed E-state index contributed by atoms with van der Waals surface area (Å²) in [6.45, 7) is 4.03. The molecular weight excluding hydrogens is 272 g/mol. The monoisotopic (exact) mass is 288 g/mol. The molecule has 22 heavy (non-hydrogen) atoms. The zero-order valence-corrected chi connectivity index (χ0v) is 12.6. The molecule has 4 rings (SSSR count). The van der Waals surface area contributed by atoms with Gasteiger partial charge in [0.15, 0.2) is 0 Å². The van der Waals surface area contributed by atoms with Gasteiger partial charge in [0.05, 0.1) is 11.4 Å². The van der Waals surface area contributed by atoms with Gasteiger partial charge in [-0.1, -0.05) is 43.3 Å². The van der Waals surface area contributed by atoms with Crippen LogP contribution >= 0.6 is 0 Å².